The van der Waals surface area contributed by atoms with Gasteiger partial charge in [-0.2, -0.15) is 5.10 Å². The van der Waals surface area contributed by atoms with Crippen LogP contribution in [0.2, 0.25) is 0 Å². The van der Waals surface area contributed by atoms with E-state index in [1.807, 2.05) is 63.2 Å². The number of carbonyl (C=O) groups excluding carboxylic acids is 2. The number of H-pyrrole nitrogens is 1. The minimum atomic E-state index is -0.301. The Morgan fingerprint density at radius 2 is 1.79 bits per heavy atom. The fourth-order valence-corrected chi connectivity index (χ4v) is 3.08. The largest absolute Gasteiger partial charge is 0.358 e. The van der Waals surface area contributed by atoms with Crippen molar-refractivity contribution in [3.63, 3.8) is 0 Å². The Hall–Kier alpha value is -3.41. The first kappa shape index (κ1) is 19.4. The molecule has 0 aliphatic heterocycles. The van der Waals surface area contributed by atoms with Gasteiger partial charge in [0, 0.05) is 40.7 Å². The number of benzene rings is 2. The number of fused-ring (bicyclic) bond motifs is 1. The highest BCUT2D eigenvalue weighted by Gasteiger charge is 2.09. The lowest BCUT2D eigenvalue weighted by Gasteiger charge is -2.08. The number of hydrazone groups is 1. The molecule has 6 nitrogen and oxygen atoms in total. The van der Waals surface area contributed by atoms with Crippen LogP contribution in [0.1, 0.15) is 35.2 Å². The first-order valence-electron chi connectivity index (χ1n) is 9.20. The molecule has 0 atom stereocenters. The van der Waals surface area contributed by atoms with Gasteiger partial charge >= 0.3 is 0 Å². The molecule has 0 bridgehead atoms. The summed E-state index contributed by atoms with van der Waals surface area (Å²) in [6.45, 7) is 5.90. The van der Waals surface area contributed by atoms with E-state index in [4.69, 9.17) is 0 Å². The average molecular weight is 376 g/mol. The Labute approximate surface area is 164 Å². The molecule has 2 amide bonds. The van der Waals surface area contributed by atoms with Crippen molar-refractivity contribution >= 4 is 34.6 Å². The number of carbonyl (C=O) groups is 2. The summed E-state index contributed by atoms with van der Waals surface area (Å²) in [6.07, 6.45) is 1.80. The number of hydrogen-bond donors (Lipinski definition) is 3. The zero-order valence-electron chi connectivity index (χ0n) is 16.3. The van der Waals surface area contributed by atoms with Crippen molar-refractivity contribution in [3.8, 4) is 0 Å². The van der Waals surface area contributed by atoms with Gasteiger partial charge in [-0.15, -0.1) is 0 Å². The Balaban J connectivity index is 1.51. The van der Waals surface area contributed by atoms with Gasteiger partial charge < -0.3 is 10.3 Å². The van der Waals surface area contributed by atoms with Crippen LogP contribution >= 0.6 is 0 Å². The first-order chi connectivity index (χ1) is 13.4. The second-order valence-electron chi connectivity index (χ2n) is 6.87. The lowest BCUT2D eigenvalue weighted by Crippen LogP contribution is -2.21. The molecule has 0 radical (unpaired) electrons. The zero-order chi connectivity index (χ0) is 20.1. The van der Waals surface area contributed by atoms with Gasteiger partial charge in [0.2, 0.25) is 11.8 Å². The summed E-state index contributed by atoms with van der Waals surface area (Å²) in [5, 5.41) is 7.92. The molecular formula is C22H24N4O2. The summed E-state index contributed by atoms with van der Waals surface area (Å²) in [4.78, 5) is 27.3. The molecule has 28 heavy (non-hydrogen) atoms. The zero-order valence-corrected chi connectivity index (χ0v) is 16.3. The Kier molecular flexibility index (Phi) is 5.89. The van der Waals surface area contributed by atoms with Crippen LogP contribution in [0.25, 0.3) is 10.9 Å². The lowest BCUT2D eigenvalue weighted by molar-refractivity contribution is -0.124. The van der Waals surface area contributed by atoms with Crippen LogP contribution < -0.4 is 10.7 Å². The van der Waals surface area contributed by atoms with E-state index in [0.717, 1.165) is 39.0 Å². The van der Waals surface area contributed by atoms with Crippen LogP contribution in [0.5, 0.6) is 0 Å². The van der Waals surface area contributed by atoms with Crippen molar-refractivity contribution in [3.05, 3.63) is 64.8 Å². The second-order valence-corrected chi connectivity index (χ2v) is 6.87. The topological polar surface area (TPSA) is 86.3 Å². The average Bonchev–Trinajstić information content (AvgIpc) is 2.98. The molecule has 1 aromatic heterocycles. The standard InChI is InChI=1S/C22H24N4O2/c1-14-8-9-19(15(2)12-14)25-21(27)10-11-22(28)26-23-13-18-16(3)24-20-7-5-4-6-17(18)20/h4-9,12-13,24H,10-11H2,1-3H3,(H,25,27)(H,26,28). The van der Waals surface area contributed by atoms with Crippen molar-refractivity contribution in [2.45, 2.75) is 33.6 Å². The number of nitrogens with one attached hydrogen (secondary N) is 3. The van der Waals surface area contributed by atoms with E-state index in [-0.39, 0.29) is 24.7 Å². The van der Waals surface area contributed by atoms with Crippen molar-refractivity contribution in [2.24, 2.45) is 5.10 Å². The number of para-hydroxylation sites is 1. The minimum absolute atomic E-state index is 0.0704. The third kappa shape index (κ3) is 4.65. The molecule has 0 aliphatic rings. The van der Waals surface area contributed by atoms with Crippen molar-refractivity contribution < 1.29 is 9.59 Å². The first-order valence-corrected chi connectivity index (χ1v) is 9.20. The van der Waals surface area contributed by atoms with Crippen LogP contribution in [0.3, 0.4) is 0 Å². The summed E-state index contributed by atoms with van der Waals surface area (Å²) in [5.74, 6) is -0.497. The minimum Gasteiger partial charge on any atom is -0.358 e. The smallest absolute Gasteiger partial charge is 0.240 e. The van der Waals surface area contributed by atoms with Gasteiger partial charge in [-0.3, -0.25) is 9.59 Å². The molecule has 3 rings (SSSR count). The maximum absolute atomic E-state index is 12.1. The summed E-state index contributed by atoms with van der Waals surface area (Å²) in [6, 6.07) is 13.7. The van der Waals surface area contributed by atoms with Crippen molar-refractivity contribution in [1.82, 2.24) is 10.4 Å². The van der Waals surface area contributed by atoms with Gasteiger partial charge in [0.15, 0.2) is 0 Å². The molecule has 0 unspecified atom stereocenters. The summed E-state index contributed by atoms with van der Waals surface area (Å²) in [7, 11) is 0. The van der Waals surface area contributed by atoms with Crippen LogP contribution in [0.15, 0.2) is 47.6 Å². The Morgan fingerprint density at radius 1 is 1.04 bits per heavy atom. The van der Waals surface area contributed by atoms with Gasteiger partial charge in [0.05, 0.1) is 6.21 Å². The van der Waals surface area contributed by atoms with Crippen LogP contribution in [-0.4, -0.2) is 23.0 Å². The van der Waals surface area contributed by atoms with Crippen LogP contribution in [0.4, 0.5) is 5.69 Å². The highest BCUT2D eigenvalue weighted by atomic mass is 16.2. The SMILES string of the molecule is Cc1ccc(NC(=O)CCC(=O)NN=Cc2c(C)[nH]c3ccccc23)c(C)c1. The van der Waals surface area contributed by atoms with E-state index >= 15 is 0 Å². The number of amides is 2. The monoisotopic (exact) mass is 376 g/mol. The fourth-order valence-electron chi connectivity index (χ4n) is 3.08. The second kappa shape index (κ2) is 8.52. The molecule has 144 valence electrons. The number of anilines is 1. The van der Waals surface area contributed by atoms with Crippen molar-refractivity contribution in [1.29, 1.82) is 0 Å². The van der Waals surface area contributed by atoms with Gasteiger partial charge in [-0.05, 0) is 38.5 Å². The van der Waals surface area contributed by atoms with Crippen LogP contribution in [-0.2, 0) is 9.59 Å². The Bertz CT molecular complexity index is 1050. The lowest BCUT2D eigenvalue weighted by atomic mass is 10.1. The molecule has 3 aromatic rings. The summed E-state index contributed by atoms with van der Waals surface area (Å²) >= 11 is 0. The predicted molar refractivity (Wildman–Crippen MR) is 113 cm³/mol. The maximum Gasteiger partial charge on any atom is 0.240 e. The molecule has 0 fully saturated rings. The van der Waals surface area contributed by atoms with Crippen LogP contribution in [0, 0.1) is 20.8 Å². The van der Waals surface area contributed by atoms with E-state index in [9.17, 15) is 9.59 Å². The third-order valence-electron chi connectivity index (χ3n) is 4.56. The fraction of sp³-hybridized carbons (Fsp3) is 0.227. The number of rotatable bonds is 6. The highest BCUT2D eigenvalue weighted by molar-refractivity contribution is 6.01. The number of aryl methyl sites for hydroxylation is 3. The number of nitrogens with zero attached hydrogens (tertiary/aromatic N) is 1. The Morgan fingerprint density at radius 3 is 2.57 bits per heavy atom. The van der Waals surface area contributed by atoms with Crippen molar-refractivity contribution in [2.75, 3.05) is 5.32 Å². The molecule has 0 spiro atoms. The number of aromatic amines is 1. The third-order valence-corrected chi connectivity index (χ3v) is 4.56. The van der Waals surface area contributed by atoms with E-state index in [1.165, 1.54) is 0 Å². The molecule has 3 N–H and O–H groups in total. The number of hydrogen-bond acceptors (Lipinski definition) is 3. The maximum atomic E-state index is 12.1. The van der Waals surface area contributed by atoms with E-state index < -0.39 is 0 Å². The van der Waals surface area contributed by atoms with Gasteiger partial charge in [-0.25, -0.2) is 5.43 Å². The van der Waals surface area contributed by atoms with Gasteiger partial charge in [-0.1, -0.05) is 35.9 Å². The summed E-state index contributed by atoms with van der Waals surface area (Å²) < 4.78 is 0. The summed E-state index contributed by atoms with van der Waals surface area (Å²) in [5.41, 5.74) is 8.33. The molecular weight excluding hydrogens is 352 g/mol. The molecule has 0 saturated heterocycles. The number of aromatic nitrogens is 1. The van der Waals surface area contributed by atoms with E-state index in [1.54, 1.807) is 6.21 Å². The van der Waals surface area contributed by atoms with E-state index in [2.05, 4.69) is 20.8 Å². The molecule has 0 saturated carbocycles. The molecule has 6 heteroatoms. The van der Waals surface area contributed by atoms with Gasteiger partial charge in [0.25, 0.3) is 0 Å². The normalized spacial score (nSPS) is 11.1. The van der Waals surface area contributed by atoms with E-state index in [0.29, 0.717) is 0 Å². The highest BCUT2D eigenvalue weighted by Crippen LogP contribution is 2.20. The quantitative estimate of drug-likeness (QED) is 0.449. The molecule has 1 heterocycles. The predicted octanol–water partition coefficient (Wildman–Crippen LogP) is 3.96. The molecule has 2 aromatic carbocycles. The molecule has 0 aliphatic carbocycles. The van der Waals surface area contributed by atoms with Gasteiger partial charge in [0.1, 0.15) is 0 Å².